The maximum absolute atomic E-state index is 11.9. The number of rotatable bonds is 2. The minimum atomic E-state index is 0.242. The fourth-order valence-electron chi connectivity index (χ4n) is 2.62. The molecule has 0 amide bonds. The molecule has 1 aromatic carbocycles. The summed E-state index contributed by atoms with van der Waals surface area (Å²) >= 11 is 0. The van der Waals surface area contributed by atoms with Gasteiger partial charge in [0, 0.05) is 23.9 Å². The van der Waals surface area contributed by atoms with E-state index in [2.05, 4.69) is 11.1 Å². The third-order valence-corrected chi connectivity index (χ3v) is 3.49. The van der Waals surface area contributed by atoms with Gasteiger partial charge in [-0.05, 0) is 36.1 Å². The van der Waals surface area contributed by atoms with Crippen molar-refractivity contribution >= 4 is 22.8 Å². The molecule has 0 aliphatic heterocycles. The highest BCUT2D eigenvalue weighted by Gasteiger charge is 2.21. The van der Waals surface area contributed by atoms with Crippen LogP contribution in [0.5, 0.6) is 0 Å². The second kappa shape index (κ2) is 4.42. The average molecular weight is 240 g/mol. The fraction of sp³-hybridized carbons (Fsp3) is 0.267. The van der Waals surface area contributed by atoms with Crippen LogP contribution in [0.3, 0.4) is 0 Å². The van der Waals surface area contributed by atoms with E-state index in [4.69, 9.17) is 5.73 Å². The first kappa shape index (κ1) is 11.2. The maximum Gasteiger partial charge on any atom is 0.179 e. The minimum absolute atomic E-state index is 0.242. The average Bonchev–Trinajstić information content (AvgIpc) is 2.76. The molecule has 2 aromatic rings. The van der Waals surface area contributed by atoms with Crippen LogP contribution in [0.4, 0.5) is 0 Å². The van der Waals surface area contributed by atoms with Crippen molar-refractivity contribution in [3.8, 4) is 0 Å². The highest BCUT2D eigenvalue weighted by atomic mass is 16.1. The fourth-order valence-corrected chi connectivity index (χ4v) is 2.62. The number of aromatic amines is 1. The van der Waals surface area contributed by atoms with E-state index in [1.165, 1.54) is 10.9 Å². The van der Waals surface area contributed by atoms with Crippen LogP contribution in [0.1, 0.15) is 34.5 Å². The van der Waals surface area contributed by atoms with Gasteiger partial charge in [-0.3, -0.25) is 4.79 Å². The summed E-state index contributed by atoms with van der Waals surface area (Å²) in [4.78, 5) is 15.1. The smallest absolute Gasteiger partial charge is 0.179 e. The van der Waals surface area contributed by atoms with Crippen molar-refractivity contribution in [2.24, 2.45) is 5.73 Å². The Labute approximate surface area is 106 Å². The number of Topliss-reactive ketones (excluding diaryl/α,β-unsaturated/α-hetero) is 1. The highest BCUT2D eigenvalue weighted by molar-refractivity contribution is 6.03. The molecule has 3 N–H and O–H groups in total. The predicted octanol–water partition coefficient (Wildman–Crippen LogP) is 2.66. The van der Waals surface area contributed by atoms with Crippen molar-refractivity contribution in [3.63, 3.8) is 0 Å². The second-order valence-corrected chi connectivity index (χ2v) is 4.70. The molecule has 1 aliphatic carbocycles. The van der Waals surface area contributed by atoms with E-state index in [9.17, 15) is 4.79 Å². The third-order valence-electron chi connectivity index (χ3n) is 3.49. The summed E-state index contributed by atoms with van der Waals surface area (Å²) in [7, 11) is 0. The molecule has 0 saturated carbocycles. The molecule has 0 saturated heterocycles. The molecule has 18 heavy (non-hydrogen) atoms. The van der Waals surface area contributed by atoms with Gasteiger partial charge in [-0.15, -0.1) is 0 Å². The molecule has 3 rings (SSSR count). The number of nitrogens with one attached hydrogen (secondary N) is 1. The summed E-state index contributed by atoms with van der Waals surface area (Å²) in [6.07, 6.45) is 6.57. The maximum atomic E-state index is 11.9. The number of ketones is 1. The van der Waals surface area contributed by atoms with Crippen molar-refractivity contribution in [3.05, 3.63) is 41.1 Å². The zero-order valence-corrected chi connectivity index (χ0v) is 10.2. The summed E-state index contributed by atoms with van der Waals surface area (Å²) < 4.78 is 0. The number of aryl methyl sites for hydroxylation is 1. The molecule has 1 aliphatic rings. The van der Waals surface area contributed by atoms with Gasteiger partial charge in [0.15, 0.2) is 5.78 Å². The van der Waals surface area contributed by atoms with Gasteiger partial charge in [0.05, 0.1) is 5.69 Å². The molecule has 3 heteroatoms. The largest absolute Gasteiger partial charge is 0.352 e. The number of nitrogens with two attached hydrogens (primary N) is 1. The Kier molecular flexibility index (Phi) is 2.76. The molecule has 92 valence electrons. The first-order chi connectivity index (χ1) is 8.79. The number of hydrogen-bond acceptors (Lipinski definition) is 2. The zero-order chi connectivity index (χ0) is 12.5. The predicted molar refractivity (Wildman–Crippen MR) is 73.7 cm³/mol. The lowest BCUT2D eigenvalue weighted by molar-refractivity contribution is 0.0968. The summed E-state index contributed by atoms with van der Waals surface area (Å²) in [6.45, 7) is 0.543. The molecule has 0 unspecified atom stereocenters. The van der Waals surface area contributed by atoms with Crippen LogP contribution in [0, 0.1) is 0 Å². The van der Waals surface area contributed by atoms with E-state index in [1.807, 2.05) is 24.3 Å². The molecule has 0 spiro atoms. The molecular formula is C15H16N2O. The van der Waals surface area contributed by atoms with Crippen molar-refractivity contribution in [1.29, 1.82) is 0 Å². The standard InChI is InChI=1S/C15H16N2O/c16-8-2-3-10-6-7-13-12(9-10)11-4-1-5-14(18)15(11)17-13/h2-3,6-7,9,17H,1,4-5,8,16H2. The Morgan fingerprint density at radius 2 is 2.22 bits per heavy atom. The summed E-state index contributed by atoms with van der Waals surface area (Å²) in [5.74, 6) is 0.242. The molecule has 0 fully saturated rings. The lowest BCUT2D eigenvalue weighted by atomic mass is 9.94. The van der Waals surface area contributed by atoms with E-state index in [0.717, 1.165) is 29.6 Å². The van der Waals surface area contributed by atoms with Gasteiger partial charge < -0.3 is 10.7 Å². The van der Waals surface area contributed by atoms with Crippen LogP contribution in [-0.4, -0.2) is 17.3 Å². The van der Waals surface area contributed by atoms with Gasteiger partial charge in [-0.1, -0.05) is 18.2 Å². The number of benzene rings is 1. The second-order valence-electron chi connectivity index (χ2n) is 4.70. The lowest BCUT2D eigenvalue weighted by Gasteiger charge is -2.09. The van der Waals surface area contributed by atoms with Crippen LogP contribution in [0.2, 0.25) is 0 Å². The SMILES string of the molecule is NCC=Cc1ccc2[nH]c3c(c2c1)CCCC3=O. The Hall–Kier alpha value is -1.87. The summed E-state index contributed by atoms with van der Waals surface area (Å²) in [5, 5.41) is 1.18. The molecule has 0 bridgehead atoms. The van der Waals surface area contributed by atoms with Crippen molar-refractivity contribution < 1.29 is 4.79 Å². The van der Waals surface area contributed by atoms with Gasteiger partial charge in [-0.2, -0.15) is 0 Å². The molecule has 1 aromatic heterocycles. The van der Waals surface area contributed by atoms with Gasteiger partial charge in [0.2, 0.25) is 0 Å². The summed E-state index contributed by atoms with van der Waals surface area (Å²) in [5.41, 5.74) is 9.65. The molecule has 0 atom stereocenters. The monoisotopic (exact) mass is 240 g/mol. The van der Waals surface area contributed by atoms with Crippen LogP contribution < -0.4 is 5.73 Å². The topological polar surface area (TPSA) is 58.9 Å². The van der Waals surface area contributed by atoms with E-state index in [-0.39, 0.29) is 5.78 Å². The number of hydrogen-bond donors (Lipinski definition) is 2. The van der Waals surface area contributed by atoms with Crippen LogP contribution in [0.15, 0.2) is 24.3 Å². The van der Waals surface area contributed by atoms with Gasteiger partial charge in [0.1, 0.15) is 0 Å². The van der Waals surface area contributed by atoms with Crippen LogP contribution in [-0.2, 0) is 6.42 Å². The Balaban J connectivity index is 2.15. The molecule has 1 heterocycles. The Morgan fingerprint density at radius 1 is 1.33 bits per heavy atom. The Morgan fingerprint density at radius 3 is 3.06 bits per heavy atom. The van der Waals surface area contributed by atoms with Crippen molar-refractivity contribution in [2.45, 2.75) is 19.3 Å². The number of aromatic nitrogens is 1. The number of carbonyl (C=O) groups is 1. The van der Waals surface area contributed by atoms with Gasteiger partial charge in [0.25, 0.3) is 0 Å². The summed E-state index contributed by atoms with van der Waals surface area (Å²) in [6, 6.07) is 6.22. The lowest BCUT2D eigenvalue weighted by Crippen LogP contribution is -2.09. The van der Waals surface area contributed by atoms with E-state index >= 15 is 0 Å². The van der Waals surface area contributed by atoms with E-state index < -0.39 is 0 Å². The minimum Gasteiger partial charge on any atom is -0.352 e. The van der Waals surface area contributed by atoms with E-state index in [1.54, 1.807) is 0 Å². The van der Waals surface area contributed by atoms with Gasteiger partial charge in [-0.25, -0.2) is 0 Å². The normalized spacial score (nSPS) is 15.5. The third kappa shape index (κ3) is 1.77. The highest BCUT2D eigenvalue weighted by Crippen LogP contribution is 2.29. The molecule has 0 radical (unpaired) electrons. The molecule has 3 nitrogen and oxygen atoms in total. The van der Waals surface area contributed by atoms with Crippen LogP contribution >= 0.6 is 0 Å². The van der Waals surface area contributed by atoms with Gasteiger partial charge >= 0.3 is 0 Å². The molecular weight excluding hydrogens is 224 g/mol. The number of fused-ring (bicyclic) bond motifs is 3. The van der Waals surface area contributed by atoms with E-state index in [0.29, 0.717) is 13.0 Å². The zero-order valence-electron chi connectivity index (χ0n) is 10.2. The first-order valence-electron chi connectivity index (χ1n) is 6.34. The quantitative estimate of drug-likeness (QED) is 0.847. The first-order valence-corrected chi connectivity index (χ1v) is 6.34. The Bertz CT molecular complexity index is 637. The number of carbonyl (C=O) groups excluding carboxylic acids is 1. The van der Waals surface area contributed by atoms with Crippen molar-refractivity contribution in [1.82, 2.24) is 4.98 Å². The van der Waals surface area contributed by atoms with Crippen molar-refractivity contribution in [2.75, 3.05) is 6.54 Å². The number of H-pyrrole nitrogens is 1. The van der Waals surface area contributed by atoms with Crippen LogP contribution in [0.25, 0.3) is 17.0 Å².